The average molecular weight is 288 g/mol. The van der Waals surface area contributed by atoms with Crippen LogP contribution in [0.5, 0.6) is 0 Å². The summed E-state index contributed by atoms with van der Waals surface area (Å²) in [7, 11) is 0. The van der Waals surface area contributed by atoms with Crippen LogP contribution in [-0.2, 0) is 0 Å². The van der Waals surface area contributed by atoms with E-state index in [4.69, 9.17) is 5.73 Å². The van der Waals surface area contributed by atoms with Gasteiger partial charge in [0, 0.05) is 18.8 Å². The molecule has 2 atom stereocenters. The zero-order valence-electron chi connectivity index (χ0n) is 14.4. The minimum absolute atomic E-state index is 0.109. The summed E-state index contributed by atoms with van der Waals surface area (Å²) in [4.78, 5) is 2.57. The second-order valence-corrected chi connectivity index (χ2v) is 7.66. The topological polar surface area (TPSA) is 29.3 Å². The fourth-order valence-electron chi connectivity index (χ4n) is 4.29. The van der Waals surface area contributed by atoms with Gasteiger partial charge >= 0.3 is 0 Å². The van der Waals surface area contributed by atoms with Crippen molar-refractivity contribution in [1.29, 1.82) is 0 Å². The van der Waals surface area contributed by atoms with Crippen molar-refractivity contribution in [1.82, 2.24) is 0 Å². The number of aryl methyl sites for hydroxylation is 1. The maximum Gasteiger partial charge on any atom is 0.0549 e. The molecule has 1 saturated carbocycles. The van der Waals surface area contributed by atoms with E-state index in [1.165, 1.54) is 30.5 Å². The zero-order valence-corrected chi connectivity index (χ0v) is 14.4. The quantitative estimate of drug-likeness (QED) is 0.891. The third-order valence-corrected chi connectivity index (χ3v) is 5.53. The Morgan fingerprint density at radius 1 is 1.29 bits per heavy atom. The van der Waals surface area contributed by atoms with Gasteiger partial charge in [-0.3, -0.25) is 0 Å². The van der Waals surface area contributed by atoms with Gasteiger partial charge in [-0.25, -0.2) is 0 Å². The summed E-state index contributed by atoms with van der Waals surface area (Å²) in [5.74, 6) is 0.617. The van der Waals surface area contributed by atoms with Crippen molar-refractivity contribution in [2.75, 3.05) is 18.0 Å². The molecule has 1 fully saturated rings. The van der Waals surface area contributed by atoms with E-state index in [0.29, 0.717) is 11.3 Å². The minimum atomic E-state index is 0.109. The van der Waals surface area contributed by atoms with E-state index >= 15 is 0 Å². The highest BCUT2D eigenvalue weighted by atomic mass is 15.2. The Kier molecular flexibility index (Phi) is 4.67. The number of hydrogen-bond donors (Lipinski definition) is 1. The number of rotatable bonds is 4. The molecule has 0 amide bonds. The summed E-state index contributed by atoms with van der Waals surface area (Å²) in [5, 5.41) is 0. The fraction of sp³-hybridized carbons (Fsp3) is 0.684. The summed E-state index contributed by atoms with van der Waals surface area (Å²) < 4.78 is 0. The first kappa shape index (κ1) is 16.4. The zero-order chi connectivity index (χ0) is 15.7. The van der Waals surface area contributed by atoms with Crippen molar-refractivity contribution in [2.24, 2.45) is 17.1 Å². The van der Waals surface area contributed by atoms with E-state index in [1.54, 1.807) is 0 Å². The van der Waals surface area contributed by atoms with Gasteiger partial charge in [-0.1, -0.05) is 32.9 Å². The van der Waals surface area contributed by atoms with E-state index in [9.17, 15) is 0 Å². The van der Waals surface area contributed by atoms with Crippen LogP contribution in [0.1, 0.15) is 52.5 Å². The Morgan fingerprint density at radius 3 is 2.52 bits per heavy atom. The summed E-state index contributed by atoms with van der Waals surface area (Å²) in [5.41, 5.74) is 9.53. The summed E-state index contributed by atoms with van der Waals surface area (Å²) >= 11 is 0. The normalized spacial score (nSPS) is 28.4. The van der Waals surface area contributed by atoms with Crippen molar-refractivity contribution in [3.63, 3.8) is 0 Å². The van der Waals surface area contributed by atoms with Crippen LogP contribution in [0, 0.1) is 18.3 Å². The lowest BCUT2D eigenvalue weighted by Gasteiger charge is -2.54. The number of hydrogen-bond acceptors (Lipinski definition) is 2. The lowest BCUT2D eigenvalue weighted by Crippen LogP contribution is -2.61. The Labute approximate surface area is 130 Å². The molecule has 1 aromatic rings. The predicted octanol–water partition coefficient (Wildman–Crippen LogP) is 4.37. The number of anilines is 1. The van der Waals surface area contributed by atoms with Crippen LogP contribution in [0.3, 0.4) is 0 Å². The van der Waals surface area contributed by atoms with E-state index < -0.39 is 0 Å². The summed E-state index contributed by atoms with van der Waals surface area (Å²) in [6.07, 6.45) is 3.71. The van der Waals surface area contributed by atoms with E-state index in [2.05, 4.69) is 63.8 Å². The smallest absolute Gasteiger partial charge is 0.0549 e. The van der Waals surface area contributed by atoms with E-state index in [-0.39, 0.29) is 5.54 Å². The van der Waals surface area contributed by atoms with Crippen LogP contribution in [0.25, 0.3) is 0 Å². The molecular weight excluding hydrogens is 256 g/mol. The van der Waals surface area contributed by atoms with Gasteiger partial charge in [-0.05, 0) is 62.1 Å². The molecule has 2 rings (SSSR count). The monoisotopic (exact) mass is 288 g/mol. The predicted molar refractivity (Wildman–Crippen MR) is 92.8 cm³/mol. The Balaban J connectivity index is 2.38. The highest BCUT2D eigenvalue weighted by molar-refractivity contribution is 5.51. The van der Waals surface area contributed by atoms with Crippen molar-refractivity contribution >= 4 is 5.69 Å². The molecule has 0 bridgehead atoms. The van der Waals surface area contributed by atoms with Crippen LogP contribution in [0.4, 0.5) is 5.69 Å². The lowest BCUT2D eigenvalue weighted by atomic mass is 9.63. The molecule has 2 nitrogen and oxygen atoms in total. The maximum atomic E-state index is 6.33. The van der Waals surface area contributed by atoms with Gasteiger partial charge in [0.05, 0.1) is 5.54 Å². The number of likely N-dealkylation sites (N-methyl/N-ethyl adjacent to an activating group) is 1. The number of nitrogens with zero attached hydrogens (tertiary/aromatic N) is 1. The Bertz CT molecular complexity index is 480. The molecule has 2 unspecified atom stereocenters. The molecule has 0 aliphatic heterocycles. The second kappa shape index (κ2) is 6.00. The van der Waals surface area contributed by atoms with Gasteiger partial charge in [-0.2, -0.15) is 0 Å². The molecule has 0 radical (unpaired) electrons. The van der Waals surface area contributed by atoms with Gasteiger partial charge in [-0.15, -0.1) is 0 Å². The number of benzene rings is 1. The third-order valence-electron chi connectivity index (χ3n) is 5.53. The molecule has 0 aromatic heterocycles. The molecule has 1 aromatic carbocycles. The van der Waals surface area contributed by atoms with Crippen molar-refractivity contribution in [3.05, 3.63) is 29.8 Å². The lowest BCUT2D eigenvalue weighted by molar-refractivity contribution is 0.100. The first-order valence-corrected chi connectivity index (χ1v) is 8.39. The summed E-state index contributed by atoms with van der Waals surface area (Å²) in [6.45, 7) is 13.4. The largest absolute Gasteiger partial charge is 0.365 e. The first-order valence-electron chi connectivity index (χ1n) is 8.39. The number of nitrogens with two attached hydrogens (primary N) is 1. The van der Waals surface area contributed by atoms with Crippen molar-refractivity contribution < 1.29 is 0 Å². The molecule has 118 valence electrons. The SMILES string of the molecule is CCN(c1cccc(C)c1)C1(CN)CCC(C)(C)CC1C. The summed E-state index contributed by atoms with van der Waals surface area (Å²) in [6, 6.07) is 8.86. The van der Waals surface area contributed by atoms with Crippen LogP contribution in [-0.4, -0.2) is 18.6 Å². The molecule has 1 aliphatic rings. The molecule has 2 N–H and O–H groups in total. The average Bonchev–Trinajstić information content (AvgIpc) is 2.42. The second-order valence-electron chi connectivity index (χ2n) is 7.66. The molecule has 1 aliphatic carbocycles. The molecule has 21 heavy (non-hydrogen) atoms. The van der Waals surface area contributed by atoms with Crippen LogP contribution in [0.15, 0.2) is 24.3 Å². The van der Waals surface area contributed by atoms with Crippen LogP contribution < -0.4 is 10.6 Å². The Hall–Kier alpha value is -1.02. The molecule has 0 spiro atoms. The third kappa shape index (κ3) is 3.11. The van der Waals surface area contributed by atoms with Crippen LogP contribution in [0.2, 0.25) is 0 Å². The van der Waals surface area contributed by atoms with Gasteiger partial charge in [0.1, 0.15) is 0 Å². The van der Waals surface area contributed by atoms with E-state index in [1.807, 2.05) is 0 Å². The van der Waals surface area contributed by atoms with Gasteiger partial charge in [0.15, 0.2) is 0 Å². The van der Waals surface area contributed by atoms with E-state index in [0.717, 1.165) is 13.1 Å². The molecule has 0 saturated heterocycles. The molecule has 0 heterocycles. The standard InChI is InChI=1S/C19H32N2/c1-6-21(17-9-7-8-15(2)12-17)19(14-20)11-10-18(4,5)13-16(19)3/h7-9,12,16H,6,10-11,13-14,20H2,1-5H3. The minimum Gasteiger partial charge on any atom is -0.365 e. The maximum absolute atomic E-state index is 6.33. The first-order chi connectivity index (χ1) is 9.84. The molecular formula is C19H32N2. The highest BCUT2D eigenvalue weighted by Crippen LogP contribution is 2.47. The van der Waals surface area contributed by atoms with Crippen molar-refractivity contribution in [3.8, 4) is 0 Å². The molecule has 2 heteroatoms. The van der Waals surface area contributed by atoms with Gasteiger partial charge < -0.3 is 10.6 Å². The Morgan fingerprint density at radius 2 is 2.00 bits per heavy atom. The van der Waals surface area contributed by atoms with Crippen LogP contribution >= 0.6 is 0 Å². The van der Waals surface area contributed by atoms with Gasteiger partial charge in [0.2, 0.25) is 0 Å². The van der Waals surface area contributed by atoms with Crippen molar-refractivity contribution in [2.45, 2.75) is 59.4 Å². The highest BCUT2D eigenvalue weighted by Gasteiger charge is 2.46. The fourth-order valence-corrected chi connectivity index (χ4v) is 4.29. The van der Waals surface area contributed by atoms with Gasteiger partial charge in [0.25, 0.3) is 0 Å².